The van der Waals surface area contributed by atoms with Crippen molar-refractivity contribution in [3.63, 3.8) is 0 Å². The van der Waals surface area contributed by atoms with E-state index in [1.165, 1.54) is 0 Å². The number of nitrogens with zero attached hydrogens (tertiary/aromatic N) is 2. The minimum atomic E-state index is -0.0759. The Morgan fingerprint density at radius 1 is 1.26 bits per heavy atom. The molecule has 2 aliphatic rings. The summed E-state index contributed by atoms with van der Waals surface area (Å²) < 4.78 is 16.6. The van der Waals surface area contributed by atoms with E-state index in [1.54, 1.807) is 23.4 Å². The number of benzene rings is 1. The minimum Gasteiger partial charge on any atom is -0.489 e. The number of nitrogens with one attached hydrogen (secondary N) is 1. The lowest BCUT2D eigenvalue weighted by Gasteiger charge is -2.32. The highest BCUT2D eigenvalue weighted by atomic mass is 35.5. The summed E-state index contributed by atoms with van der Waals surface area (Å²) in [6, 6.07) is 7.35. The third-order valence-corrected chi connectivity index (χ3v) is 4.92. The number of hydrogen-bond donors (Lipinski definition) is 1. The van der Waals surface area contributed by atoms with Crippen molar-refractivity contribution in [1.82, 2.24) is 15.2 Å². The zero-order valence-electron chi connectivity index (χ0n) is 14.7. The van der Waals surface area contributed by atoms with Crippen LogP contribution in [0.4, 0.5) is 4.79 Å². The standard InChI is InChI=1S/C19H20ClN3O4/c20-15-11-21-6-3-16(15)27-14-4-7-23(8-5-14)19(24)22-10-13-1-2-17-18(9-13)26-12-25-17/h1-3,6,9,11,14H,4-5,7-8,10,12H2,(H,22,24). The van der Waals surface area contributed by atoms with Gasteiger partial charge in [0.1, 0.15) is 16.9 Å². The fourth-order valence-electron chi connectivity index (χ4n) is 3.15. The van der Waals surface area contributed by atoms with Gasteiger partial charge in [-0.3, -0.25) is 4.98 Å². The average molecular weight is 390 g/mol. The summed E-state index contributed by atoms with van der Waals surface area (Å²) in [6.45, 7) is 1.96. The first kappa shape index (κ1) is 17.7. The van der Waals surface area contributed by atoms with Gasteiger partial charge in [0.15, 0.2) is 11.5 Å². The molecule has 0 radical (unpaired) electrons. The molecule has 1 N–H and O–H groups in total. The van der Waals surface area contributed by atoms with Gasteiger partial charge in [-0.25, -0.2) is 4.79 Å². The molecule has 1 aromatic carbocycles. The molecular formula is C19H20ClN3O4. The van der Waals surface area contributed by atoms with Gasteiger partial charge in [-0.2, -0.15) is 0 Å². The lowest BCUT2D eigenvalue weighted by Crippen LogP contribution is -2.46. The predicted octanol–water partition coefficient (Wildman–Crippen LogP) is 3.22. The normalized spacial score (nSPS) is 16.3. The number of piperidine rings is 1. The Morgan fingerprint density at radius 3 is 2.89 bits per heavy atom. The summed E-state index contributed by atoms with van der Waals surface area (Å²) >= 11 is 6.08. The molecule has 0 spiro atoms. The number of fused-ring (bicyclic) bond motifs is 1. The average Bonchev–Trinajstić information content (AvgIpc) is 3.16. The number of likely N-dealkylation sites (tertiary alicyclic amines) is 1. The number of hydrogen-bond acceptors (Lipinski definition) is 5. The molecule has 2 aromatic rings. The molecule has 0 aliphatic carbocycles. The van der Waals surface area contributed by atoms with Crippen LogP contribution in [0.1, 0.15) is 18.4 Å². The zero-order chi connectivity index (χ0) is 18.6. The molecule has 4 rings (SSSR count). The topological polar surface area (TPSA) is 72.9 Å². The van der Waals surface area contributed by atoms with Crippen LogP contribution in [0.25, 0.3) is 0 Å². The SMILES string of the molecule is O=C(NCc1ccc2c(c1)OCO2)N1CCC(Oc2ccncc2Cl)CC1. The predicted molar refractivity (Wildman–Crippen MR) is 99.3 cm³/mol. The van der Waals surface area contributed by atoms with Crippen molar-refractivity contribution < 1.29 is 19.0 Å². The number of carbonyl (C=O) groups excluding carboxylic acids is 1. The fourth-order valence-corrected chi connectivity index (χ4v) is 3.32. The molecule has 27 heavy (non-hydrogen) atoms. The number of amides is 2. The lowest BCUT2D eigenvalue weighted by molar-refractivity contribution is 0.111. The molecule has 3 heterocycles. The van der Waals surface area contributed by atoms with Crippen LogP contribution in [0.5, 0.6) is 17.2 Å². The van der Waals surface area contributed by atoms with Crippen LogP contribution < -0.4 is 19.5 Å². The third-order valence-electron chi connectivity index (χ3n) is 4.64. The first-order valence-electron chi connectivity index (χ1n) is 8.86. The summed E-state index contributed by atoms with van der Waals surface area (Å²) in [5.74, 6) is 2.09. The van der Waals surface area contributed by atoms with Crippen LogP contribution in [-0.4, -0.2) is 41.9 Å². The largest absolute Gasteiger partial charge is 0.489 e. The molecule has 0 saturated carbocycles. The van der Waals surface area contributed by atoms with E-state index in [4.69, 9.17) is 25.8 Å². The van der Waals surface area contributed by atoms with Crippen molar-refractivity contribution >= 4 is 17.6 Å². The Hall–Kier alpha value is -2.67. The fraction of sp³-hybridized carbons (Fsp3) is 0.368. The van der Waals surface area contributed by atoms with Crippen LogP contribution in [0.3, 0.4) is 0 Å². The summed E-state index contributed by atoms with van der Waals surface area (Å²) in [4.78, 5) is 18.2. The van der Waals surface area contributed by atoms with Gasteiger partial charge < -0.3 is 24.4 Å². The number of rotatable bonds is 4. The van der Waals surface area contributed by atoms with Gasteiger partial charge in [-0.05, 0) is 17.7 Å². The summed E-state index contributed by atoms with van der Waals surface area (Å²) in [6.07, 6.45) is 4.78. The van der Waals surface area contributed by atoms with E-state index in [1.807, 2.05) is 18.2 Å². The van der Waals surface area contributed by atoms with Crippen molar-refractivity contribution in [2.45, 2.75) is 25.5 Å². The number of carbonyl (C=O) groups is 1. The molecule has 2 amide bonds. The van der Waals surface area contributed by atoms with E-state index in [0.29, 0.717) is 30.4 Å². The first-order valence-corrected chi connectivity index (χ1v) is 9.24. The second-order valence-electron chi connectivity index (χ2n) is 6.46. The molecule has 1 aromatic heterocycles. The number of aromatic nitrogens is 1. The Bertz CT molecular complexity index is 824. The zero-order valence-corrected chi connectivity index (χ0v) is 15.4. The quantitative estimate of drug-likeness (QED) is 0.869. The van der Waals surface area contributed by atoms with Crippen molar-refractivity contribution in [2.24, 2.45) is 0 Å². The third kappa shape index (κ3) is 4.19. The lowest BCUT2D eigenvalue weighted by atomic mass is 10.1. The molecule has 142 valence electrons. The van der Waals surface area contributed by atoms with E-state index in [0.717, 1.165) is 29.9 Å². The van der Waals surface area contributed by atoms with E-state index in [2.05, 4.69) is 10.3 Å². The highest BCUT2D eigenvalue weighted by Gasteiger charge is 2.24. The molecule has 8 heteroatoms. The minimum absolute atomic E-state index is 0.0443. The molecular weight excluding hydrogens is 370 g/mol. The first-order chi connectivity index (χ1) is 13.2. The Kier molecular flexibility index (Phi) is 5.20. The maximum atomic E-state index is 12.4. The molecule has 2 aliphatic heterocycles. The number of ether oxygens (including phenoxy) is 3. The van der Waals surface area contributed by atoms with Crippen LogP contribution in [0, 0.1) is 0 Å². The maximum absolute atomic E-state index is 12.4. The molecule has 1 fully saturated rings. The Labute approximate surface area is 162 Å². The van der Waals surface area contributed by atoms with Crippen molar-refractivity contribution in [3.8, 4) is 17.2 Å². The van der Waals surface area contributed by atoms with Crippen LogP contribution >= 0.6 is 11.6 Å². The van der Waals surface area contributed by atoms with Gasteiger partial charge in [0.05, 0.1) is 0 Å². The van der Waals surface area contributed by atoms with Gasteiger partial charge in [0.2, 0.25) is 6.79 Å². The van der Waals surface area contributed by atoms with Gasteiger partial charge >= 0.3 is 6.03 Å². The van der Waals surface area contributed by atoms with Crippen LogP contribution in [0.15, 0.2) is 36.7 Å². The summed E-state index contributed by atoms with van der Waals surface area (Å²) in [5, 5.41) is 3.46. The molecule has 0 unspecified atom stereocenters. The van der Waals surface area contributed by atoms with Crippen molar-refractivity contribution in [2.75, 3.05) is 19.9 Å². The van der Waals surface area contributed by atoms with E-state index < -0.39 is 0 Å². The second kappa shape index (κ2) is 7.92. The van der Waals surface area contributed by atoms with Crippen molar-refractivity contribution in [3.05, 3.63) is 47.2 Å². The molecule has 7 nitrogen and oxygen atoms in total. The van der Waals surface area contributed by atoms with Crippen LogP contribution in [-0.2, 0) is 6.54 Å². The highest BCUT2D eigenvalue weighted by molar-refractivity contribution is 6.31. The molecule has 0 atom stereocenters. The van der Waals surface area contributed by atoms with Gasteiger partial charge in [0, 0.05) is 50.9 Å². The smallest absolute Gasteiger partial charge is 0.317 e. The summed E-state index contributed by atoms with van der Waals surface area (Å²) in [7, 11) is 0. The Morgan fingerprint density at radius 2 is 2.07 bits per heavy atom. The highest BCUT2D eigenvalue weighted by Crippen LogP contribution is 2.32. The number of halogens is 1. The monoisotopic (exact) mass is 389 g/mol. The number of pyridine rings is 1. The van der Waals surface area contributed by atoms with E-state index in [-0.39, 0.29) is 18.9 Å². The number of urea groups is 1. The van der Waals surface area contributed by atoms with Gasteiger partial charge in [-0.15, -0.1) is 0 Å². The maximum Gasteiger partial charge on any atom is 0.317 e. The van der Waals surface area contributed by atoms with E-state index in [9.17, 15) is 4.79 Å². The Balaban J connectivity index is 1.24. The van der Waals surface area contributed by atoms with E-state index >= 15 is 0 Å². The van der Waals surface area contributed by atoms with Crippen molar-refractivity contribution in [1.29, 1.82) is 0 Å². The second-order valence-corrected chi connectivity index (χ2v) is 6.86. The van der Waals surface area contributed by atoms with Gasteiger partial charge in [0.25, 0.3) is 0 Å². The molecule has 0 bridgehead atoms. The van der Waals surface area contributed by atoms with Crippen LogP contribution in [0.2, 0.25) is 5.02 Å². The molecule has 1 saturated heterocycles. The van der Waals surface area contributed by atoms with Gasteiger partial charge in [-0.1, -0.05) is 17.7 Å². The summed E-state index contributed by atoms with van der Waals surface area (Å²) in [5.41, 5.74) is 0.971.